The van der Waals surface area contributed by atoms with Crippen molar-refractivity contribution in [2.75, 3.05) is 21.6 Å². The maximum atomic E-state index is 13.8. The first-order valence-electron chi connectivity index (χ1n) is 24.2. The lowest BCUT2D eigenvalue weighted by Gasteiger charge is -2.10. The molecule has 0 spiro atoms. The summed E-state index contributed by atoms with van der Waals surface area (Å²) < 4.78 is 50.1. The van der Waals surface area contributed by atoms with Gasteiger partial charge in [0.15, 0.2) is 0 Å². The van der Waals surface area contributed by atoms with Crippen LogP contribution in [0.3, 0.4) is 0 Å². The number of nitrogens with two attached hydrogens (primary N) is 1. The lowest BCUT2D eigenvalue weighted by atomic mass is 9.78. The van der Waals surface area contributed by atoms with Crippen LogP contribution in [-0.2, 0) is 29.3 Å². The fourth-order valence-corrected chi connectivity index (χ4v) is 8.87. The van der Waals surface area contributed by atoms with Crippen LogP contribution >= 0.6 is 0 Å². The van der Waals surface area contributed by atoms with Crippen LogP contribution in [0.25, 0.3) is 44.5 Å². The van der Waals surface area contributed by atoms with Crippen molar-refractivity contribution in [2.24, 2.45) is 5.14 Å². The zero-order valence-electron chi connectivity index (χ0n) is 44.2. The third kappa shape index (κ3) is 19.3. The maximum Gasteiger partial charge on any atom is 0.488 e. The molecular weight excluding hydrogens is 1060 g/mol. The number of carbonyl (C=O) groups excluding carboxylic acids is 2. The van der Waals surface area contributed by atoms with E-state index in [1.54, 1.807) is 91.0 Å². The summed E-state index contributed by atoms with van der Waals surface area (Å²) in [6.07, 6.45) is 1.09. The number of benzene rings is 8. The van der Waals surface area contributed by atoms with Crippen molar-refractivity contribution in [3.63, 3.8) is 0 Å². The molecule has 17 nitrogen and oxygen atoms in total. The predicted octanol–water partition coefficient (Wildman–Crippen LogP) is 3.13. The van der Waals surface area contributed by atoms with E-state index in [0.717, 1.165) is 68.2 Å². The van der Waals surface area contributed by atoms with Crippen molar-refractivity contribution in [3.8, 4) is 44.5 Å². The van der Waals surface area contributed by atoms with E-state index in [9.17, 15) is 46.7 Å². The average Bonchev–Trinajstić information content (AvgIpc) is 3.39. The second-order valence-corrected chi connectivity index (χ2v) is 21.9. The lowest BCUT2D eigenvalue weighted by Crippen LogP contribution is -2.29. The fourth-order valence-electron chi connectivity index (χ4n) is 7.71. The van der Waals surface area contributed by atoms with E-state index in [2.05, 4.69) is 21.2 Å². The van der Waals surface area contributed by atoms with Crippen molar-refractivity contribution in [2.45, 2.75) is 32.6 Å². The van der Waals surface area contributed by atoms with Crippen LogP contribution in [0.4, 0.5) is 21.5 Å². The van der Waals surface area contributed by atoms with Gasteiger partial charge in [-0.2, -0.15) is 0 Å². The number of anilines is 3. The first kappa shape index (κ1) is 63.1. The van der Waals surface area contributed by atoms with E-state index in [0.29, 0.717) is 32.5 Å². The zero-order valence-corrected chi connectivity index (χ0v) is 45.8. The molecule has 0 heterocycles. The van der Waals surface area contributed by atoms with Gasteiger partial charge in [0.05, 0.1) is 16.0 Å². The molecule has 8 aromatic rings. The number of hydrogen-bond donors (Lipinski definition) is 12. The minimum absolute atomic E-state index is 0.112. The second kappa shape index (κ2) is 28.4. The van der Waals surface area contributed by atoms with Gasteiger partial charge < -0.3 is 50.8 Å². The average molecular weight is 1120 g/mol. The van der Waals surface area contributed by atoms with Crippen molar-refractivity contribution in [1.29, 1.82) is 0 Å². The van der Waals surface area contributed by atoms with E-state index in [-0.39, 0.29) is 22.8 Å². The van der Waals surface area contributed by atoms with Gasteiger partial charge in [0, 0.05) is 41.4 Å². The highest BCUT2D eigenvalue weighted by Gasteiger charge is 2.17. The topological polar surface area (TPSA) is 309 Å². The molecular formula is C56H59B4FN4O13S2. The molecule has 0 aliphatic rings. The molecule has 24 heteroatoms. The van der Waals surface area contributed by atoms with Crippen molar-refractivity contribution in [1.82, 2.24) is 0 Å². The van der Waals surface area contributed by atoms with Gasteiger partial charge >= 0.3 is 28.5 Å². The molecule has 80 heavy (non-hydrogen) atoms. The van der Waals surface area contributed by atoms with Crippen molar-refractivity contribution < 1.29 is 66.8 Å². The summed E-state index contributed by atoms with van der Waals surface area (Å²) in [6.45, 7) is 6.81. The maximum absolute atomic E-state index is 13.8. The molecule has 2 amide bonds. The number of rotatable bonds is 13. The minimum atomic E-state index is -3.30. The molecule has 0 aliphatic heterocycles. The number of sulfonamides is 1. The molecule has 0 saturated carbocycles. The van der Waals surface area contributed by atoms with Crippen LogP contribution in [0.15, 0.2) is 181 Å². The number of aryl methyl sites for hydroxylation is 2. The van der Waals surface area contributed by atoms with Crippen LogP contribution in [0.1, 0.15) is 25.0 Å². The Balaban J connectivity index is 0.000000196. The summed E-state index contributed by atoms with van der Waals surface area (Å²) in [4.78, 5) is 22.3. The van der Waals surface area contributed by atoms with Gasteiger partial charge in [-0.1, -0.05) is 121 Å². The van der Waals surface area contributed by atoms with E-state index >= 15 is 0 Å². The quantitative estimate of drug-likeness (QED) is 0.0585. The molecule has 1 atom stereocenters. The summed E-state index contributed by atoms with van der Waals surface area (Å²) in [6, 6.07) is 49.1. The number of carbonyl (C=O) groups is 2. The summed E-state index contributed by atoms with van der Waals surface area (Å²) in [5.41, 5.74) is 11.7. The second-order valence-electron chi connectivity index (χ2n) is 18.2. The van der Waals surface area contributed by atoms with E-state index in [1.807, 2.05) is 68.4 Å². The number of hydrogen-bond acceptors (Lipinski definition) is 13. The SMILES string of the molecule is C=S(N)(=O)c1ccc(-c2cc(B(O)O)ccc2F)cc1.CC(=O)Nc1ccc(-c2cc(B(O)O)ccc2C)cc1.CC(=O)Nc1ccc(-c2cccc(B(O)O)c2)cc1.Cc1ccc(B(O)O)cc1-c1ccc(NS(C)(=O)=O)cc1. The van der Waals surface area contributed by atoms with Gasteiger partial charge in [0.25, 0.3) is 0 Å². The van der Waals surface area contributed by atoms with Gasteiger partial charge in [0.1, 0.15) is 5.82 Å². The normalized spacial score (nSPS) is 11.3. The van der Waals surface area contributed by atoms with Gasteiger partial charge in [-0.05, 0) is 146 Å². The molecule has 0 aliphatic carbocycles. The fraction of sp³-hybridized carbons (Fsp3) is 0.0893. The highest BCUT2D eigenvalue weighted by Crippen LogP contribution is 2.27. The molecule has 8 rings (SSSR count). The molecule has 0 fully saturated rings. The Morgan fingerprint density at radius 3 is 1.20 bits per heavy atom. The predicted molar refractivity (Wildman–Crippen MR) is 321 cm³/mol. The Labute approximate surface area is 466 Å². The van der Waals surface area contributed by atoms with E-state index in [1.165, 1.54) is 38.1 Å². The summed E-state index contributed by atoms with van der Waals surface area (Å²) >= 11 is 0. The monoisotopic (exact) mass is 1120 g/mol. The zero-order chi connectivity index (χ0) is 59.1. The number of amides is 2. The van der Waals surface area contributed by atoms with Crippen LogP contribution in [-0.4, -0.2) is 105 Å². The third-order valence-electron chi connectivity index (χ3n) is 11.7. The van der Waals surface area contributed by atoms with Crippen LogP contribution in [0.5, 0.6) is 0 Å². The van der Waals surface area contributed by atoms with Crippen molar-refractivity contribution >= 4 is 105 Å². The van der Waals surface area contributed by atoms with Crippen LogP contribution < -0.4 is 42.3 Å². The van der Waals surface area contributed by atoms with Crippen LogP contribution in [0.2, 0.25) is 0 Å². The Hall–Kier alpha value is -7.70. The molecule has 1 unspecified atom stereocenters. The first-order valence-corrected chi connectivity index (χ1v) is 27.9. The van der Waals surface area contributed by atoms with Gasteiger partial charge in [-0.25, -0.2) is 17.0 Å². The van der Waals surface area contributed by atoms with Gasteiger partial charge in [-0.3, -0.25) is 19.5 Å². The lowest BCUT2D eigenvalue weighted by molar-refractivity contribution is -0.115. The molecule has 13 N–H and O–H groups in total. The Kier molecular flexibility index (Phi) is 22.4. The van der Waals surface area contributed by atoms with Gasteiger partial charge in [0.2, 0.25) is 21.8 Å². The summed E-state index contributed by atoms with van der Waals surface area (Å²) in [7, 11) is -12.2. The number of nitrogens with one attached hydrogen (secondary N) is 3. The number of halogens is 1. The Morgan fingerprint density at radius 1 is 0.463 bits per heavy atom. The summed E-state index contributed by atoms with van der Waals surface area (Å²) in [5, 5.41) is 84.3. The highest BCUT2D eigenvalue weighted by molar-refractivity contribution is 7.98. The Bertz CT molecular complexity index is 3640. The smallest absolute Gasteiger partial charge is 0.423 e. The van der Waals surface area contributed by atoms with Crippen LogP contribution in [0, 0.1) is 19.7 Å². The molecule has 0 radical (unpaired) electrons. The first-order chi connectivity index (χ1) is 37.6. The largest absolute Gasteiger partial charge is 0.488 e. The molecule has 0 bridgehead atoms. The van der Waals surface area contributed by atoms with Gasteiger partial charge in [-0.15, -0.1) is 0 Å². The molecule has 0 saturated heterocycles. The van der Waals surface area contributed by atoms with E-state index in [4.69, 9.17) is 25.2 Å². The third-order valence-corrected chi connectivity index (χ3v) is 13.4. The minimum Gasteiger partial charge on any atom is -0.423 e. The molecule has 412 valence electrons. The standard InChI is InChI=1S/C15H16BNO3.C14H16BNO4S.C14H14BNO3.C13H13BFNO3S/c1-10-3-6-13(16(19)20)9-15(10)12-4-7-14(8-5-12)17-11(2)18;1-10-3-6-12(15(17)18)9-14(10)11-4-7-13(8-5-11)16-21(2,19)20;1-10(17)16-14-7-5-11(6-8-14)12-3-2-4-13(9-12)15(18)19;1-20(16,19)11-5-2-9(3-6-11)12-8-10(14(17)18)4-7-13(12)15/h3-9,19-20H,1-2H3,(H,17,18);3-9,16-18H,1-2H3;2-9,18-19H,1H3,(H,16,17);2-8,17-18H,1H2,(H2,16,19). The summed E-state index contributed by atoms with van der Waals surface area (Å²) in [5.74, 6) is 2.64. The molecule has 0 aromatic heterocycles. The Morgan fingerprint density at radius 2 is 0.812 bits per heavy atom. The molecule has 8 aromatic carbocycles. The van der Waals surface area contributed by atoms with E-state index < -0.39 is 54.0 Å². The highest BCUT2D eigenvalue weighted by atomic mass is 32.2. The van der Waals surface area contributed by atoms with Crippen molar-refractivity contribution in [3.05, 3.63) is 193 Å².